The van der Waals surface area contributed by atoms with Gasteiger partial charge in [0, 0.05) is 29.8 Å². The van der Waals surface area contributed by atoms with Crippen molar-refractivity contribution in [3.8, 4) is 28.1 Å². The van der Waals surface area contributed by atoms with E-state index in [0.29, 0.717) is 44.5 Å². The summed E-state index contributed by atoms with van der Waals surface area (Å²) in [5, 5.41) is 7.97. The zero-order valence-electron chi connectivity index (χ0n) is 41.6. The third-order valence-corrected chi connectivity index (χ3v) is 15.9. The maximum absolute atomic E-state index is 14.7. The van der Waals surface area contributed by atoms with Gasteiger partial charge in [-0.15, -0.1) is 0 Å². The molecule has 71 heavy (non-hydrogen) atoms. The number of likely N-dealkylation sites (tertiary alicyclic amines) is 2. The highest BCUT2D eigenvalue weighted by Gasteiger charge is 2.47. The summed E-state index contributed by atoms with van der Waals surface area (Å²) >= 11 is 0. The van der Waals surface area contributed by atoms with Crippen LogP contribution in [0.2, 0.25) is 0 Å². The predicted octanol–water partition coefficient (Wildman–Crippen LogP) is 9.34. The molecule has 6 aliphatic rings. The fourth-order valence-corrected chi connectivity index (χ4v) is 12.8. The van der Waals surface area contributed by atoms with Crippen LogP contribution in [0.5, 0.6) is 5.75 Å². The Morgan fingerprint density at radius 1 is 0.718 bits per heavy atom. The largest absolute Gasteiger partial charge is 0.488 e. The van der Waals surface area contributed by atoms with E-state index >= 15 is 0 Å². The summed E-state index contributed by atoms with van der Waals surface area (Å²) in [4.78, 5) is 71.9. The number of aliphatic imine (C=N–C) groups is 1. The number of fused-ring (bicyclic) bond motifs is 6. The maximum atomic E-state index is 14.7. The molecule has 4 amide bonds. The van der Waals surface area contributed by atoms with E-state index in [4.69, 9.17) is 33.7 Å². The lowest BCUT2D eigenvalue weighted by Crippen LogP contribution is -2.57. The van der Waals surface area contributed by atoms with Gasteiger partial charge in [-0.3, -0.25) is 14.6 Å². The number of benzene rings is 3. The summed E-state index contributed by atoms with van der Waals surface area (Å²) < 4.78 is 28.5. The number of imidazole rings is 1. The Labute approximate surface area is 416 Å². The number of rotatable bonds is 9. The highest BCUT2D eigenvalue weighted by molar-refractivity contribution is 6.07. The Balaban J connectivity index is 0.00000624. The van der Waals surface area contributed by atoms with Crippen molar-refractivity contribution >= 4 is 46.2 Å². The maximum Gasteiger partial charge on any atom is 0.407 e. The summed E-state index contributed by atoms with van der Waals surface area (Å²) in [5.74, 6) is 1.12. The molecule has 4 fully saturated rings. The molecular weight excluding hydrogens is 903 g/mol. The lowest BCUT2D eigenvalue weighted by Gasteiger charge is -2.39. The third kappa shape index (κ3) is 9.61. The molecule has 6 aliphatic heterocycles. The van der Waals surface area contributed by atoms with Gasteiger partial charge in [0.05, 0.1) is 68.3 Å². The molecule has 0 radical (unpaired) electrons. The molecule has 1 aromatic heterocycles. The second kappa shape index (κ2) is 20.2. The number of hydrogen-bond acceptors (Lipinski definition) is 11. The zero-order chi connectivity index (χ0) is 49.1. The Hall–Kier alpha value is -6.00. The number of amides is 4. The van der Waals surface area contributed by atoms with E-state index in [-0.39, 0.29) is 79.7 Å². The molecule has 3 aromatic carbocycles. The zero-order valence-corrected chi connectivity index (χ0v) is 41.6. The van der Waals surface area contributed by atoms with Crippen LogP contribution < -0.4 is 15.4 Å². The molecule has 4 saturated heterocycles. The van der Waals surface area contributed by atoms with Crippen LogP contribution in [-0.2, 0) is 41.6 Å². The van der Waals surface area contributed by atoms with Gasteiger partial charge in [0.15, 0.2) is 0 Å². The molecule has 0 unspecified atom stereocenters. The number of carbonyl (C=O) groups excluding carboxylic acids is 4. The van der Waals surface area contributed by atoms with Crippen LogP contribution >= 0.6 is 0 Å². The van der Waals surface area contributed by atoms with Crippen LogP contribution in [0.25, 0.3) is 33.2 Å². The molecule has 0 aliphatic carbocycles. The number of aromatic amines is 1. The molecular formula is C55H71N7O9. The Kier molecular flexibility index (Phi) is 14.2. The highest BCUT2D eigenvalue weighted by Crippen LogP contribution is 2.46. The summed E-state index contributed by atoms with van der Waals surface area (Å²) in [5.41, 5.74) is 7.98. The van der Waals surface area contributed by atoms with Crippen molar-refractivity contribution in [2.45, 2.75) is 174 Å². The van der Waals surface area contributed by atoms with Gasteiger partial charge in [0.2, 0.25) is 11.8 Å². The van der Waals surface area contributed by atoms with E-state index in [9.17, 15) is 19.2 Å². The molecule has 0 spiro atoms. The van der Waals surface area contributed by atoms with Gasteiger partial charge in [-0.2, -0.15) is 0 Å². The molecule has 7 heterocycles. The van der Waals surface area contributed by atoms with Crippen molar-refractivity contribution in [1.29, 1.82) is 0 Å². The Morgan fingerprint density at radius 3 is 1.89 bits per heavy atom. The highest BCUT2D eigenvalue weighted by atomic mass is 16.5. The van der Waals surface area contributed by atoms with Gasteiger partial charge < -0.3 is 49.1 Å². The second-order valence-electron chi connectivity index (χ2n) is 20.8. The summed E-state index contributed by atoms with van der Waals surface area (Å²) in [7, 11) is 2.65. The van der Waals surface area contributed by atoms with Crippen LogP contribution in [0, 0.1) is 11.8 Å². The molecule has 380 valence electrons. The van der Waals surface area contributed by atoms with Gasteiger partial charge in [-0.1, -0.05) is 25.6 Å². The molecule has 16 heteroatoms. The first-order valence-corrected chi connectivity index (χ1v) is 25.3. The topological polar surface area (TPSA) is 186 Å². The van der Waals surface area contributed by atoms with Crippen LogP contribution in [0.1, 0.15) is 123 Å². The average molecular weight is 974 g/mol. The minimum Gasteiger partial charge on any atom is -0.488 e. The van der Waals surface area contributed by atoms with Crippen molar-refractivity contribution < 1.29 is 42.9 Å². The van der Waals surface area contributed by atoms with Crippen molar-refractivity contribution in [1.82, 2.24) is 30.4 Å². The Bertz CT molecular complexity index is 2700. The fraction of sp³-hybridized carbons (Fsp3) is 0.564. The first kappa shape index (κ1) is 50.0. The number of alkyl carbamates (subject to hydrolysis) is 2. The number of aromatic nitrogens is 2. The number of H-pyrrole nitrogens is 1. The van der Waals surface area contributed by atoms with Crippen molar-refractivity contribution in [3.05, 3.63) is 65.6 Å². The van der Waals surface area contributed by atoms with Crippen LogP contribution in [0.15, 0.2) is 53.7 Å². The fourth-order valence-electron chi connectivity index (χ4n) is 12.8. The molecule has 0 saturated carbocycles. The quantitative estimate of drug-likeness (QED) is 0.146. The number of hydrogen-bond donors (Lipinski definition) is 3. The number of methoxy groups -OCH3 is 2. The lowest BCUT2D eigenvalue weighted by atomic mass is 9.85. The standard InChI is InChI=1S/C54H67N7O9.CH4/c1-27-9-15-45(60(27)51(62)48(58-53(64)66-7)35-17-29(3)69-30(4)18-35)43-23-40-39-24-47-41(22-33(39)12-14-42(40)56-43)38-13-11-34(21-37(38)26-68-47)44-25-55-50(57-44)46-16-10-28(2)61(46)52(63)49(59-54(65)67-8)36-19-31(5)70-32(6)20-36;/h11-14,21-22,24-25,27-32,35-36,45-46,48-49H,9-10,15-20,23,26H2,1-8H3,(H,55,57)(H,58,64)(H,59,65);1H4/t27-,28-,29+,30+,31+,32+,45-,46-,48-,49-;/m0./s1. The van der Waals surface area contributed by atoms with Crippen LogP contribution in [0.4, 0.5) is 15.3 Å². The molecule has 4 aromatic rings. The number of ether oxygens (including phenoxy) is 5. The van der Waals surface area contributed by atoms with E-state index in [1.54, 1.807) is 0 Å². The summed E-state index contributed by atoms with van der Waals surface area (Å²) in [6.07, 6.45) is 6.95. The minimum absolute atomic E-state index is 0. The third-order valence-electron chi connectivity index (χ3n) is 15.9. The van der Waals surface area contributed by atoms with E-state index in [0.717, 1.165) is 87.1 Å². The summed E-state index contributed by atoms with van der Waals surface area (Å²) in [6.45, 7) is 12.6. The predicted molar refractivity (Wildman–Crippen MR) is 271 cm³/mol. The number of nitrogens with zero attached hydrogens (tertiary/aromatic N) is 4. The molecule has 10 rings (SSSR count). The van der Waals surface area contributed by atoms with Crippen LogP contribution in [-0.4, -0.2) is 118 Å². The van der Waals surface area contributed by atoms with Gasteiger partial charge in [-0.25, -0.2) is 14.6 Å². The van der Waals surface area contributed by atoms with E-state index < -0.39 is 24.3 Å². The van der Waals surface area contributed by atoms with Crippen molar-refractivity contribution in [3.63, 3.8) is 0 Å². The van der Waals surface area contributed by atoms with Gasteiger partial charge in [-0.05, 0) is 162 Å². The van der Waals surface area contributed by atoms with Crippen molar-refractivity contribution in [2.24, 2.45) is 16.8 Å². The van der Waals surface area contributed by atoms with Crippen molar-refractivity contribution in [2.75, 3.05) is 14.2 Å². The second-order valence-corrected chi connectivity index (χ2v) is 20.8. The molecule has 0 bridgehead atoms. The summed E-state index contributed by atoms with van der Waals surface area (Å²) in [6, 6.07) is 13.0. The van der Waals surface area contributed by atoms with Gasteiger partial charge >= 0.3 is 12.2 Å². The molecule has 10 atom stereocenters. The van der Waals surface area contributed by atoms with Gasteiger partial charge in [0.25, 0.3) is 0 Å². The van der Waals surface area contributed by atoms with E-state index in [1.807, 2.05) is 43.7 Å². The molecule has 3 N–H and O–H groups in total. The average Bonchev–Trinajstić information content (AvgIpc) is 4.16. The normalized spacial score (nSPS) is 28.6. The van der Waals surface area contributed by atoms with E-state index in [1.165, 1.54) is 14.2 Å². The first-order valence-electron chi connectivity index (χ1n) is 25.3. The number of carbonyl (C=O) groups is 4. The van der Waals surface area contributed by atoms with E-state index in [2.05, 4.69) is 71.9 Å². The SMILES string of the molecule is C.COC(=O)N[C@H](C(=O)N1[C@@H](C)CC[C@H]1C1=Nc2ccc3cc4c(cc3c2C1)OCc1cc(-c2cnc([C@@H]3CC[C@H](C)N3C(=O)[C@@H](NC(=O)OC)C3C[C@@H](C)O[C@H](C)C3)[nH]2)ccc1-4)C1C[C@@H](C)O[C@H](C)C1. The van der Waals surface area contributed by atoms with Crippen LogP contribution in [0.3, 0.4) is 0 Å². The smallest absolute Gasteiger partial charge is 0.407 e. The lowest BCUT2D eigenvalue weighted by molar-refractivity contribution is -0.140. The monoisotopic (exact) mass is 974 g/mol. The Morgan fingerprint density at radius 2 is 1.30 bits per heavy atom. The van der Waals surface area contributed by atoms with Gasteiger partial charge in [0.1, 0.15) is 30.3 Å². The minimum atomic E-state index is -0.747. The number of nitrogens with one attached hydrogen (secondary N) is 3. The molecule has 16 nitrogen and oxygen atoms in total. The first-order chi connectivity index (χ1) is 33.7.